The van der Waals surface area contributed by atoms with Crippen LogP contribution in [0.1, 0.15) is 36.2 Å². The molecular formula is C15H20ClN3. The molecule has 2 aromatic rings. The number of hydrogen-bond donors (Lipinski definition) is 1. The van der Waals surface area contributed by atoms with Crippen molar-refractivity contribution in [1.82, 2.24) is 15.1 Å². The van der Waals surface area contributed by atoms with Crippen LogP contribution >= 0.6 is 11.6 Å². The second-order valence-corrected chi connectivity index (χ2v) is 5.22. The van der Waals surface area contributed by atoms with Gasteiger partial charge in [-0.15, -0.1) is 0 Å². The molecule has 0 spiro atoms. The molecule has 102 valence electrons. The number of halogens is 1. The molecule has 3 nitrogen and oxygen atoms in total. The Morgan fingerprint density at radius 3 is 2.79 bits per heavy atom. The summed E-state index contributed by atoms with van der Waals surface area (Å²) in [5, 5.41) is 8.77. The largest absolute Gasteiger partial charge is 0.306 e. The lowest BCUT2D eigenvalue weighted by atomic mass is 9.99. The van der Waals surface area contributed by atoms with E-state index < -0.39 is 0 Å². The molecule has 0 saturated carbocycles. The lowest BCUT2D eigenvalue weighted by Gasteiger charge is -2.19. The minimum Gasteiger partial charge on any atom is -0.306 e. The maximum absolute atomic E-state index is 6.11. The Bertz CT molecular complexity index is 548. The smallest absolute Gasteiger partial charge is 0.0644 e. The van der Waals surface area contributed by atoms with E-state index in [2.05, 4.69) is 29.6 Å². The predicted octanol–water partition coefficient (Wildman–Crippen LogP) is 3.47. The molecule has 0 saturated heterocycles. The van der Waals surface area contributed by atoms with Gasteiger partial charge < -0.3 is 5.32 Å². The van der Waals surface area contributed by atoms with Crippen LogP contribution in [0.4, 0.5) is 0 Å². The molecule has 0 aliphatic rings. The Hall–Kier alpha value is -1.32. The molecule has 1 atom stereocenters. The fourth-order valence-corrected chi connectivity index (χ4v) is 2.48. The van der Waals surface area contributed by atoms with Crippen LogP contribution in [0.2, 0.25) is 5.02 Å². The second-order valence-electron chi connectivity index (χ2n) is 4.79. The molecule has 19 heavy (non-hydrogen) atoms. The van der Waals surface area contributed by atoms with Crippen molar-refractivity contribution in [3.63, 3.8) is 0 Å². The summed E-state index contributed by atoms with van der Waals surface area (Å²) in [4.78, 5) is 0. The first kappa shape index (κ1) is 14.1. The van der Waals surface area contributed by atoms with Gasteiger partial charge in [-0.2, -0.15) is 5.10 Å². The van der Waals surface area contributed by atoms with Crippen LogP contribution in [0.3, 0.4) is 0 Å². The molecule has 1 unspecified atom stereocenters. The Morgan fingerprint density at radius 1 is 1.42 bits per heavy atom. The third-order valence-corrected chi connectivity index (χ3v) is 3.38. The van der Waals surface area contributed by atoms with E-state index >= 15 is 0 Å². The van der Waals surface area contributed by atoms with Crippen molar-refractivity contribution in [2.75, 3.05) is 6.54 Å². The molecule has 1 N–H and O–H groups in total. The maximum atomic E-state index is 6.11. The normalized spacial score (nSPS) is 12.6. The van der Waals surface area contributed by atoms with Crippen LogP contribution in [-0.4, -0.2) is 16.3 Å². The minimum absolute atomic E-state index is 0.146. The molecule has 0 fully saturated rings. The van der Waals surface area contributed by atoms with Gasteiger partial charge in [-0.05, 0) is 37.6 Å². The fourth-order valence-electron chi connectivity index (χ4n) is 2.28. The van der Waals surface area contributed by atoms with E-state index in [9.17, 15) is 0 Å². The molecule has 0 aliphatic heterocycles. The molecule has 0 bridgehead atoms. The molecule has 1 heterocycles. The summed E-state index contributed by atoms with van der Waals surface area (Å²) in [5.41, 5.74) is 3.44. The summed E-state index contributed by atoms with van der Waals surface area (Å²) < 4.78 is 1.86. The van der Waals surface area contributed by atoms with Crippen molar-refractivity contribution in [2.24, 2.45) is 7.05 Å². The Balaban J connectivity index is 2.38. The lowest BCUT2D eigenvalue weighted by molar-refractivity contribution is 0.596. The third-order valence-electron chi connectivity index (χ3n) is 3.14. The average Bonchev–Trinajstić information content (AvgIpc) is 2.69. The summed E-state index contributed by atoms with van der Waals surface area (Å²) in [6.45, 7) is 5.17. The molecule has 1 aromatic carbocycles. The molecule has 0 amide bonds. The Kier molecular flexibility index (Phi) is 4.61. The number of nitrogens with one attached hydrogen (secondary N) is 1. The third kappa shape index (κ3) is 3.37. The van der Waals surface area contributed by atoms with Gasteiger partial charge in [-0.1, -0.05) is 30.7 Å². The van der Waals surface area contributed by atoms with E-state index in [4.69, 9.17) is 11.6 Å². The van der Waals surface area contributed by atoms with Crippen molar-refractivity contribution < 1.29 is 0 Å². The molecule has 1 aromatic heterocycles. The van der Waals surface area contributed by atoms with Gasteiger partial charge in [0.15, 0.2) is 0 Å². The highest BCUT2D eigenvalue weighted by Gasteiger charge is 2.18. The van der Waals surface area contributed by atoms with Crippen LogP contribution in [0.25, 0.3) is 0 Å². The Morgan fingerprint density at radius 2 is 2.21 bits per heavy atom. The fraction of sp³-hybridized carbons (Fsp3) is 0.400. The lowest BCUT2D eigenvalue weighted by Crippen LogP contribution is -2.23. The zero-order valence-electron chi connectivity index (χ0n) is 11.7. The number of nitrogens with zero attached hydrogens (tertiary/aromatic N) is 2. The van der Waals surface area contributed by atoms with Crippen LogP contribution in [0.15, 0.2) is 30.5 Å². The van der Waals surface area contributed by atoms with Gasteiger partial charge in [0, 0.05) is 23.8 Å². The summed E-state index contributed by atoms with van der Waals surface area (Å²) in [7, 11) is 1.95. The SMILES string of the molecule is CCCNC(c1cccc(Cl)c1)c1cn(C)nc1C. The average molecular weight is 278 g/mol. The molecule has 4 heteroatoms. The van der Waals surface area contributed by atoms with Crippen molar-refractivity contribution in [3.8, 4) is 0 Å². The molecular weight excluding hydrogens is 258 g/mol. The summed E-state index contributed by atoms with van der Waals surface area (Å²) >= 11 is 6.11. The van der Waals surface area contributed by atoms with Crippen LogP contribution in [-0.2, 0) is 7.05 Å². The zero-order valence-corrected chi connectivity index (χ0v) is 12.4. The number of aryl methyl sites for hydroxylation is 2. The van der Waals surface area contributed by atoms with Crippen molar-refractivity contribution in [3.05, 3.63) is 52.3 Å². The van der Waals surface area contributed by atoms with Crippen molar-refractivity contribution in [2.45, 2.75) is 26.3 Å². The summed E-state index contributed by atoms with van der Waals surface area (Å²) in [6, 6.07) is 8.15. The second kappa shape index (κ2) is 6.22. The quantitative estimate of drug-likeness (QED) is 0.907. The van der Waals surface area contributed by atoms with Crippen LogP contribution < -0.4 is 5.32 Å². The number of aromatic nitrogens is 2. The van der Waals surface area contributed by atoms with Gasteiger partial charge in [-0.25, -0.2) is 0 Å². The minimum atomic E-state index is 0.146. The standard InChI is InChI=1S/C15H20ClN3/c1-4-8-17-15(12-6-5-7-13(16)9-12)14-10-19(3)18-11(14)2/h5-7,9-10,15,17H,4,8H2,1-3H3. The Labute approximate surface area is 119 Å². The van der Waals surface area contributed by atoms with Gasteiger partial charge >= 0.3 is 0 Å². The maximum Gasteiger partial charge on any atom is 0.0644 e. The predicted molar refractivity (Wildman–Crippen MR) is 79.5 cm³/mol. The van der Waals surface area contributed by atoms with E-state index in [1.165, 1.54) is 11.1 Å². The van der Waals surface area contributed by atoms with Gasteiger partial charge in [0.05, 0.1) is 11.7 Å². The van der Waals surface area contributed by atoms with E-state index in [-0.39, 0.29) is 6.04 Å². The van der Waals surface area contributed by atoms with E-state index in [0.717, 1.165) is 23.7 Å². The summed E-state index contributed by atoms with van der Waals surface area (Å²) in [6.07, 6.45) is 3.17. The van der Waals surface area contributed by atoms with Crippen molar-refractivity contribution >= 4 is 11.6 Å². The van der Waals surface area contributed by atoms with Crippen LogP contribution in [0, 0.1) is 6.92 Å². The highest BCUT2D eigenvalue weighted by Crippen LogP contribution is 2.26. The number of benzene rings is 1. The number of hydrogen-bond acceptors (Lipinski definition) is 2. The van der Waals surface area contributed by atoms with E-state index in [1.54, 1.807) is 0 Å². The molecule has 0 aliphatic carbocycles. The number of rotatable bonds is 5. The molecule has 0 radical (unpaired) electrons. The van der Waals surface area contributed by atoms with Crippen LogP contribution in [0.5, 0.6) is 0 Å². The van der Waals surface area contributed by atoms with E-state index in [0.29, 0.717) is 0 Å². The zero-order chi connectivity index (χ0) is 13.8. The van der Waals surface area contributed by atoms with Gasteiger partial charge in [0.1, 0.15) is 0 Å². The summed E-state index contributed by atoms with van der Waals surface area (Å²) in [5.74, 6) is 0. The monoisotopic (exact) mass is 277 g/mol. The highest BCUT2D eigenvalue weighted by atomic mass is 35.5. The first-order valence-corrected chi connectivity index (χ1v) is 6.98. The highest BCUT2D eigenvalue weighted by molar-refractivity contribution is 6.30. The van der Waals surface area contributed by atoms with Gasteiger partial charge in [0.25, 0.3) is 0 Å². The van der Waals surface area contributed by atoms with Gasteiger partial charge in [0.2, 0.25) is 0 Å². The van der Waals surface area contributed by atoms with E-state index in [1.807, 2.05) is 36.9 Å². The first-order valence-electron chi connectivity index (χ1n) is 6.60. The van der Waals surface area contributed by atoms with Crippen molar-refractivity contribution in [1.29, 1.82) is 0 Å². The topological polar surface area (TPSA) is 29.9 Å². The van der Waals surface area contributed by atoms with Gasteiger partial charge in [-0.3, -0.25) is 4.68 Å². The first-order chi connectivity index (χ1) is 9.11. The molecule has 2 rings (SSSR count).